The van der Waals surface area contributed by atoms with Gasteiger partial charge in [0.2, 0.25) is 0 Å². The second-order valence-corrected chi connectivity index (χ2v) is 3.97. The van der Waals surface area contributed by atoms with Crippen molar-refractivity contribution in [1.82, 2.24) is 0 Å². The lowest BCUT2D eigenvalue weighted by molar-refractivity contribution is -0.136. The van der Waals surface area contributed by atoms with Crippen molar-refractivity contribution in [2.45, 2.75) is 32.6 Å². The Bertz CT molecular complexity index is 380. The lowest BCUT2D eigenvalue weighted by Crippen LogP contribution is -2.03. The summed E-state index contributed by atoms with van der Waals surface area (Å²) in [5.74, 6) is -0.744. The third-order valence-electron chi connectivity index (χ3n) is 2.89. The Balaban J connectivity index is 2.37. The van der Waals surface area contributed by atoms with Gasteiger partial charge in [0.05, 0.1) is 6.42 Å². The first-order valence-corrected chi connectivity index (χ1v) is 5.00. The van der Waals surface area contributed by atoms with E-state index in [1.807, 2.05) is 6.92 Å². The number of carbonyl (C=O) groups is 1. The van der Waals surface area contributed by atoms with E-state index in [0.29, 0.717) is 0 Å². The SMILES string of the molecule is Cc1cc2c(cc1CC(=O)O)CCC2. The number of rotatable bonds is 2. The molecular weight excluding hydrogens is 176 g/mol. The summed E-state index contributed by atoms with van der Waals surface area (Å²) in [5.41, 5.74) is 4.86. The molecule has 0 spiro atoms. The van der Waals surface area contributed by atoms with E-state index in [1.54, 1.807) is 0 Å². The van der Waals surface area contributed by atoms with Crippen molar-refractivity contribution in [1.29, 1.82) is 0 Å². The average molecular weight is 190 g/mol. The highest BCUT2D eigenvalue weighted by Crippen LogP contribution is 2.25. The van der Waals surface area contributed by atoms with Crippen molar-refractivity contribution < 1.29 is 9.90 Å². The second-order valence-electron chi connectivity index (χ2n) is 3.97. The van der Waals surface area contributed by atoms with E-state index in [2.05, 4.69) is 12.1 Å². The van der Waals surface area contributed by atoms with Gasteiger partial charge in [0.1, 0.15) is 0 Å². The molecule has 0 fully saturated rings. The largest absolute Gasteiger partial charge is 0.481 e. The Kier molecular flexibility index (Phi) is 2.28. The number of hydrogen-bond donors (Lipinski definition) is 1. The summed E-state index contributed by atoms with van der Waals surface area (Å²) in [6, 6.07) is 4.23. The summed E-state index contributed by atoms with van der Waals surface area (Å²) in [7, 11) is 0. The Hall–Kier alpha value is -1.31. The monoisotopic (exact) mass is 190 g/mol. The summed E-state index contributed by atoms with van der Waals surface area (Å²) in [4.78, 5) is 10.6. The van der Waals surface area contributed by atoms with Crippen LogP contribution in [0.1, 0.15) is 28.7 Å². The van der Waals surface area contributed by atoms with Crippen molar-refractivity contribution in [3.05, 3.63) is 34.4 Å². The Morgan fingerprint density at radius 3 is 2.64 bits per heavy atom. The van der Waals surface area contributed by atoms with E-state index in [0.717, 1.165) is 24.0 Å². The zero-order chi connectivity index (χ0) is 10.1. The highest BCUT2D eigenvalue weighted by molar-refractivity contribution is 5.71. The van der Waals surface area contributed by atoms with Gasteiger partial charge in [-0.05, 0) is 48.4 Å². The van der Waals surface area contributed by atoms with Gasteiger partial charge in [-0.2, -0.15) is 0 Å². The molecule has 0 aromatic heterocycles. The summed E-state index contributed by atoms with van der Waals surface area (Å²) >= 11 is 0. The molecule has 74 valence electrons. The van der Waals surface area contributed by atoms with Gasteiger partial charge >= 0.3 is 5.97 Å². The van der Waals surface area contributed by atoms with E-state index in [4.69, 9.17) is 5.11 Å². The maximum absolute atomic E-state index is 10.6. The molecule has 1 N–H and O–H groups in total. The van der Waals surface area contributed by atoms with Crippen LogP contribution in [0.3, 0.4) is 0 Å². The zero-order valence-corrected chi connectivity index (χ0v) is 8.34. The van der Waals surface area contributed by atoms with Crippen LogP contribution in [0.2, 0.25) is 0 Å². The highest BCUT2D eigenvalue weighted by Gasteiger charge is 2.14. The van der Waals surface area contributed by atoms with Crippen molar-refractivity contribution in [3.63, 3.8) is 0 Å². The number of benzene rings is 1. The molecule has 1 aromatic rings. The number of carboxylic acid groups (broad SMARTS) is 1. The highest BCUT2D eigenvalue weighted by atomic mass is 16.4. The predicted molar refractivity (Wildman–Crippen MR) is 54.5 cm³/mol. The standard InChI is InChI=1S/C12H14O2/c1-8-5-9-3-2-4-10(9)6-11(8)7-12(13)14/h5-6H,2-4,7H2,1H3,(H,13,14). The van der Waals surface area contributed by atoms with Crippen molar-refractivity contribution >= 4 is 5.97 Å². The molecule has 0 heterocycles. The molecule has 2 nitrogen and oxygen atoms in total. The number of hydrogen-bond acceptors (Lipinski definition) is 1. The molecule has 1 aromatic carbocycles. The van der Waals surface area contributed by atoms with Crippen LogP contribution >= 0.6 is 0 Å². The van der Waals surface area contributed by atoms with Crippen molar-refractivity contribution in [3.8, 4) is 0 Å². The van der Waals surface area contributed by atoms with E-state index in [9.17, 15) is 4.79 Å². The molecule has 14 heavy (non-hydrogen) atoms. The van der Waals surface area contributed by atoms with Crippen LogP contribution in [0.5, 0.6) is 0 Å². The third kappa shape index (κ3) is 1.65. The molecule has 0 saturated carbocycles. The summed E-state index contributed by atoms with van der Waals surface area (Å²) in [6.07, 6.45) is 3.64. The van der Waals surface area contributed by atoms with Gasteiger partial charge in [-0.1, -0.05) is 12.1 Å². The lowest BCUT2D eigenvalue weighted by atomic mass is 9.99. The van der Waals surface area contributed by atoms with Gasteiger partial charge in [-0.3, -0.25) is 4.79 Å². The first-order chi connectivity index (χ1) is 6.66. The third-order valence-corrected chi connectivity index (χ3v) is 2.89. The minimum Gasteiger partial charge on any atom is -0.481 e. The van der Waals surface area contributed by atoms with Crippen LogP contribution in [0.4, 0.5) is 0 Å². The number of carboxylic acids is 1. The lowest BCUT2D eigenvalue weighted by Gasteiger charge is -2.07. The van der Waals surface area contributed by atoms with Gasteiger partial charge < -0.3 is 5.11 Å². The first-order valence-electron chi connectivity index (χ1n) is 5.00. The first kappa shape index (κ1) is 9.25. The van der Waals surface area contributed by atoms with Gasteiger partial charge in [0.25, 0.3) is 0 Å². The second kappa shape index (κ2) is 3.45. The number of fused-ring (bicyclic) bond motifs is 1. The molecule has 0 unspecified atom stereocenters. The van der Waals surface area contributed by atoms with Gasteiger partial charge in [0, 0.05) is 0 Å². The van der Waals surface area contributed by atoms with E-state index >= 15 is 0 Å². The van der Waals surface area contributed by atoms with Gasteiger partial charge in [-0.15, -0.1) is 0 Å². The molecule has 0 radical (unpaired) electrons. The molecule has 0 atom stereocenters. The van der Waals surface area contributed by atoms with Crippen LogP contribution in [0, 0.1) is 6.92 Å². The van der Waals surface area contributed by atoms with Crippen LogP contribution in [0.25, 0.3) is 0 Å². The molecule has 2 heteroatoms. The maximum Gasteiger partial charge on any atom is 0.307 e. The van der Waals surface area contributed by atoms with Crippen LogP contribution in [-0.4, -0.2) is 11.1 Å². The normalized spacial score (nSPS) is 14.1. The minimum absolute atomic E-state index is 0.152. The zero-order valence-electron chi connectivity index (χ0n) is 8.34. The molecule has 2 rings (SSSR count). The number of aryl methyl sites for hydroxylation is 3. The summed E-state index contributed by atoms with van der Waals surface area (Å²) in [5, 5.41) is 8.74. The van der Waals surface area contributed by atoms with Crippen molar-refractivity contribution in [2.75, 3.05) is 0 Å². The fourth-order valence-electron chi connectivity index (χ4n) is 2.15. The maximum atomic E-state index is 10.6. The smallest absolute Gasteiger partial charge is 0.307 e. The molecule has 0 amide bonds. The average Bonchev–Trinajstić information content (AvgIpc) is 2.51. The molecule has 0 bridgehead atoms. The van der Waals surface area contributed by atoms with E-state index in [1.165, 1.54) is 17.5 Å². The van der Waals surface area contributed by atoms with Gasteiger partial charge in [-0.25, -0.2) is 0 Å². The summed E-state index contributed by atoms with van der Waals surface area (Å²) < 4.78 is 0. The molecule has 0 aliphatic heterocycles. The minimum atomic E-state index is -0.744. The van der Waals surface area contributed by atoms with E-state index in [-0.39, 0.29) is 6.42 Å². The molecular formula is C12H14O2. The van der Waals surface area contributed by atoms with Crippen molar-refractivity contribution in [2.24, 2.45) is 0 Å². The molecule has 1 aliphatic carbocycles. The Morgan fingerprint density at radius 2 is 2.00 bits per heavy atom. The van der Waals surface area contributed by atoms with Gasteiger partial charge in [0.15, 0.2) is 0 Å². The fraction of sp³-hybridized carbons (Fsp3) is 0.417. The van der Waals surface area contributed by atoms with Crippen LogP contribution in [-0.2, 0) is 24.1 Å². The predicted octanol–water partition coefficient (Wildman–Crippen LogP) is 2.11. The number of aliphatic carboxylic acids is 1. The molecule has 0 saturated heterocycles. The molecule has 1 aliphatic rings. The van der Waals surface area contributed by atoms with Crippen LogP contribution in [0.15, 0.2) is 12.1 Å². The quantitative estimate of drug-likeness (QED) is 0.775. The Morgan fingerprint density at radius 1 is 1.36 bits per heavy atom. The fourth-order valence-corrected chi connectivity index (χ4v) is 2.15. The summed E-state index contributed by atoms with van der Waals surface area (Å²) in [6.45, 7) is 2.00. The van der Waals surface area contributed by atoms with E-state index < -0.39 is 5.97 Å². The van der Waals surface area contributed by atoms with Crippen LogP contribution < -0.4 is 0 Å². The Labute approximate surface area is 83.6 Å². The topological polar surface area (TPSA) is 37.3 Å².